The highest BCUT2D eigenvalue weighted by Gasteiger charge is 2.23. The first-order valence-corrected chi connectivity index (χ1v) is 6.98. The first-order valence-electron chi connectivity index (χ1n) is 6.16. The molecular weight excluding hydrogens is 278 g/mol. The fourth-order valence-electron chi connectivity index (χ4n) is 2.11. The van der Waals surface area contributed by atoms with Gasteiger partial charge in [-0.25, -0.2) is 4.79 Å². The molecule has 2 aromatic rings. The summed E-state index contributed by atoms with van der Waals surface area (Å²) in [6, 6.07) is 1.56. The van der Waals surface area contributed by atoms with Gasteiger partial charge in [-0.15, -0.1) is 11.3 Å². The second-order valence-corrected chi connectivity index (χ2v) is 5.57. The molecule has 0 aliphatic heterocycles. The first kappa shape index (κ1) is 14.3. The Balaban J connectivity index is 2.37. The minimum absolute atomic E-state index is 0.185. The number of amides is 1. The molecule has 2 heterocycles. The molecule has 0 saturated carbocycles. The summed E-state index contributed by atoms with van der Waals surface area (Å²) < 4.78 is 5.08. The summed E-state index contributed by atoms with van der Waals surface area (Å²) in [6.45, 7) is 5.44. The highest BCUT2D eigenvalue weighted by atomic mass is 32.1. The summed E-state index contributed by atoms with van der Waals surface area (Å²) >= 11 is 1.28. The summed E-state index contributed by atoms with van der Waals surface area (Å²) in [5, 5.41) is 12.4. The lowest BCUT2D eigenvalue weighted by Gasteiger charge is -2.04. The van der Waals surface area contributed by atoms with E-state index in [1.807, 2.05) is 13.8 Å². The van der Waals surface area contributed by atoms with E-state index in [4.69, 9.17) is 4.42 Å². The number of hydrogen-bond donors (Lipinski definition) is 2. The number of hydrogen-bond acceptors (Lipinski definition) is 4. The van der Waals surface area contributed by atoms with E-state index in [1.165, 1.54) is 17.6 Å². The maximum atomic E-state index is 12.1. The molecule has 106 valence electrons. The van der Waals surface area contributed by atoms with Crippen LogP contribution in [-0.2, 0) is 6.42 Å². The lowest BCUT2D eigenvalue weighted by atomic mass is 10.1. The van der Waals surface area contributed by atoms with Gasteiger partial charge in [0.2, 0.25) is 0 Å². The molecule has 5 nitrogen and oxygen atoms in total. The molecule has 0 fully saturated rings. The van der Waals surface area contributed by atoms with Crippen LogP contribution in [0.15, 0.2) is 16.7 Å². The molecule has 2 N–H and O–H groups in total. The number of carboxylic acids is 1. The molecule has 0 atom stereocenters. The van der Waals surface area contributed by atoms with E-state index in [9.17, 15) is 14.7 Å². The van der Waals surface area contributed by atoms with Crippen molar-refractivity contribution in [3.8, 4) is 0 Å². The molecule has 0 bridgehead atoms. The first-order chi connectivity index (χ1) is 9.45. The van der Waals surface area contributed by atoms with Gasteiger partial charge < -0.3 is 14.8 Å². The van der Waals surface area contributed by atoms with Gasteiger partial charge in [0.05, 0.1) is 17.4 Å². The van der Waals surface area contributed by atoms with Crippen molar-refractivity contribution in [3.05, 3.63) is 39.7 Å². The number of aromatic carboxylic acids is 1. The van der Waals surface area contributed by atoms with Gasteiger partial charge in [0, 0.05) is 4.88 Å². The summed E-state index contributed by atoms with van der Waals surface area (Å²) in [4.78, 5) is 24.4. The normalized spacial score (nSPS) is 10.6. The van der Waals surface area contributed by atoms with Crippen LogP contribution >= 0.6 is 11.3 Å². The molecule has 0 unspecified atom stereocenters. The van der Waals surface area contributed by atoms with E-state index in [1.54, 1.807) is 13.0 Å². The topological polar surface area (TPSA) is 79.5 Å². The molecule has 6 heteroatoms. The van der Waals surface area contributed by atoms with Crippen LogP contribution in [0.1, 0.15) is 43.8 Å². The summed E-state index contributed by atoms with van der Waals surface area (Å²) in [5.74, 6) is -0.878. The number of nitrogens with one attached hydrogen (secondary N) is 1. The Morgan fingerprint density at radius 3 is 2.60 bits per heavy atom. The standard InChI is InChI=1S/C14H15NO4S/c1-4-9-8(3)20-13(11(9)14(17)18)15-12(16)10-5-6-19-7(10)2/h5-6H,4H2,1-3H3,(H,15,16)(H,17,18). The Hall–Kier alpha value is -2.08. The van der Waals surface area contributed by atoms with Crippen LogP contribution in [-0.4, -0.2) is 17.0 Å². The zero-order valence-electron chi connectivity index (χ0n) is 11.4. The predicted octanol–water partition coefficient (Wildman–Crippen LogP) is 3.47. The van der Waals surface area contributed by atoms with Crippen LogP contribution in [0.4, 0.5) is 5.00 Å². The van der Waals surface area contributed by atoms with Crippen molar-refractivity contribution in [1.82, 2.24) is 0 Å². The lowest BCUT2D eigenvalue weighted by Crippen LogP contribution is -2.14. The molecule has 0 saturated heterocycles. The van der Waals surface area contributed by atoms with Crippen LogP contribution in [0.5, 0.6) is 0 Å². The van der Waals surface area contributed by atoms with Crippen molar-refractivity contribution in [2.75, 3.05) is 5.32 Å². The van der Waals surface area contributed by atoms with Crippen LogP contribution in [0.2, 0.25) is 0 Å². The average Bonchev–Trinajstić information content (AvgIpc) is 2.92. The van der Waals surface area contributed by atoms with Gasteiger partial charge in [0.15, 0.2) is 0 Å². The number of rotatable bonds is 4. The van der Waals surface area contributed by atoms with E-state index >= 15 is 0 Å². The summed E-state index contributed by atoms with van der Waals surface area (Å²) in [6.07, 6.45) is 2.05. The van der Waals surface area contributed by atoms with E-state index in [2.05, 4.69) is 5.32 Å². The van der Waals surface area contributed by atoms with Crippen molar-refractivity contribution in [2.45, 2.75) is 27.2 Å². The Labute approximate surface area is 120 Å². The molecule has 0 aliphatic carbocycles. The molecule has 0 aromatic carbocycles. The van der Waals surface area contributed by atoms with Crippen LogP contribution < -0.4 is 5.32 Å². The highest BCUT2D eigenvalue weighted by Crippen LogP contribution is 2.33. The number of carbonyl (C=O) groups excluding carboxylic acids is 1. The number of furan rings is 1. The molecule has 0 aliphatic rings. The van der Waals surface area contributed by atoms with E-state index in [-0.39, 0.29) is 11.5 Å². The minimum Gasteiger partial charge on any atom is -0.478 e. The fourth-order valence-corrected chi connectivity index (χ4v) is 3.24. The van der Waals surface area contributed by atoms with Gasteiger partial charge in [-0.2, -0.15) is 0 Å². The summed E-state index contributed by atoms with van der Waals surface area (Å²) in [7, 11) is 0. The predicted molar refractivity (Wildman–Crippen MR) is 76.8 cm³/mol. The maximum Gasteiger partial charge on any atom is 0.339 e. The molecule has 1 amide bonds. The van der Waals surface area contributed by atoms with Crippen molar-refractivity contribution >= 4 is 28.2 Å². The fraction of sp³-hybridized carbons (Fsp3) is 0.286. The van der Waals surface area contributed by atoms with Gasteiger partial charge >= 0.3 is 5.97 Å². The Morgan fingerprint density at radius 1 is 1.40 bits per heavy atom. The van der Waals surface area contributed by atoms with Crippen LogP contribution in [0.25, 0.3) is 0 Å². The lowest BCUT2D eigenvalue weighted by molar-refractivity contribution is 0.0697. The second kappa shape index (κ2) is 5.50. The monoisotopic (exact) mass is 293 g/mol. The quantitative estimate of drug-likeness (QED) is 0.904. The largest absolute Gasteiger partial charge is 0.478 e. The Bertz CT molecular complexity index is 669. The summed E-state index contributed by atoms with van der Waals surface area (Å²) in [5.41, 5.74) is 1.36. The number of carbonyl (C=O) groups is 2. The molecule has 2 aromatic heterocycles. The van der Waals surface area contributed by atoms with Crippen molar-refractivity contribution in [2.24, 2.45) is 0 Å². The van der Waals surface area contributed by atoms with Gasteiger partial charge in [-0.1, -0.05) is 6.92 Å². The van der Waals surface area contributed by atoms with Crippen molar-refractivity contribution in [1.29, 1.82) is 0 Å². The van der Waals surface area contributed by atoms with Gasteiger partial charge in [0.25, 0.3) is 5.91 Å². The van der Waals surface area contributed by atoms with Crippen molar-refractivity contribution < 1.29 is 19.1 Å². The SMILES string of the molecule is CCc1c(C)sc(NC(=O)c2ccoc2C)c1C(=O)O. The zero-order chi connectivity index (χ0) is 14.9. The smallest absolute Gasteiger partial charge is 0.339 e. The van der Waals surface area contributed by atoms with Gasteiger partial charge in [-0.3, -0.25) is 4.79 Å². The van der Waals surface area contributed by atoms with Crippen molar-refractivity contribution in [3.63, 3.8) is 0 Å². The van der Waals surface area contributed by atoms with Gasteiger partial charge in [-0.05, 0) is 31.9 Å². The van der Waals surface area contributed by atoms with E-state index in [0.717, 1.165) is 10.4 Å². The Morgan fingerprint density at radius 2 is 2.10 bits per heavy atom. The zero-order valence-corrected chi connectivity index (χ0v) is 12.3. The number of thiophene rings is 1. The third-order valence-corrected chi connectivity index (χ3v) is 4.17. The molecule has 20 heavy (non-hydrogen) atoms. The molecule has 0 radical (unpaired) electrons. The number of carboxylic acid groups (broad SMARTS) is 1. The highest BCUT2D eigenvalue weighted by molar-refractivity contribution is 7.16. The minimum atomic E-state index is -1.02. The van der Waals surface area contributed by atoms with E-state index < -0.39 is 5.97 Å². The van der Waals surface area contributed by atoms with Crippen LogP contribution in [0, 0.1) is 13.8 Å². The maximum absolute atomic E-state index is 12.1. The molecule has 2 rings (SSSR count). The molecular formula is C14H15NO4S. The molecule has 0 spiro atoms. The van der Waals surface area contributed by atoms with Gasteiger partial charge in [0.1, 0.15) is 10.8 Å². The second-order valence-electron chi connectivity index (χ2n) is 4.34. The van der Waals surface area contributed by atoms with E-state index in [0.29, 0.717) is 22.7 Å². The third-order valence-electron chi connectivity index (χ3n) is 3.11. The average molecular weight is 293 g/mol. The number of anilines is 1. The van der Waals surface area contributed by atoms with Crippen LogP contribution in [0.3, 0.4) is 0 Å². The number of aryl methyl sites for hydroxylation is 2. The third kappa shape index (κ3) is 2.46. The Kier molecular flexibility index (Phi) is 3.94.